The number of ether oxygens (including phenoxy) is 3. The van der Waals surface area contributed by atoms with Crippen LogP contribution in [0.5, 0.6) is 17.2 Å². The van der Waals surface area contributed by atoms with Crippen LogP contribution in [0.15, 0.2) is 36.4 Å². The van der Waals surface area contributed by atoms with Crippen molar-refractivity contribution in [1.29, 1.82) is 0 Å². The number of nitrogens with zero attached hydrogens (tertiary/aromatic N) is 1. The van der Waals surface area contributed by atoms with Gasteiger partial charge in [-0.15, -0.1) is 0 Å². The number of benzene rings is 2. The quantitative estimate of drug-likeness (QED) is 0.347. The van der Waals surface area contributed by atoms with Gasteiger partial charge in [-0.1, -0.05) is 51.1 Å². The smallest absolute Gasteiger partial charge is 0.259 e. The molecule has 3 aromatic rings. The highest BCUT2D eigenvalue weighted by atomic mass is 32.9. The molecule has 8 heteroatoms. The summed E-state index contributed by atoms with van der Waals surface area (Å²) < 4.78 is 17.2. The molecule has 0 saturated carbocycles. The highest BCUT2D eigenvalue weighted by molar-refractivity contribution is 7.80. The summed E-state index contributed by atoms with van der Waals surface area (Å²) in [7, 11) is 7.82. The van der Waals surface area contributed by atoms with Gasteiger partial charge in [0.2, 0.25) is 5.75 Å². The number of para-hydroxylation sites is 1. The Morgan fingerprint density at radius 3 is 2.23 bits per heavy atom. The standard InChI is InChI=1S/C22H21NO4S3/c1-22(2)19-17(21(28)30-29-19)13-8-6-7-9-14(13)23(22)20(24)12-10-15(25-3)18(27-5)16(11-12)26-4/h6-11H,1-5H3. The molecule has 1 aliphatic heterocycles. The first-order valence-electron chi connectivity index (χ1n) is 9.22. The molecule has 2 heterocycles. The Kier molecular flexibility index (Phi) is 5.34. The Morgan fingerprint density at radius 1 is 1.00 bits per heavy atom. The van der Waals surface area contributed by atoms with Crippen molar-refractivity contribution in [1.82, 2.24) is 0 Å². The molecule has 0 unspecified atom stereocenters. The van der Waals surface area contributed by atoms with Crippen LogP contribution in [0.25, 0.3) is 11.1 Å². The van der Waals surface area contributed by atoms with E-state index in [1.165, 1.54) is 21.3 Å². The Morgan fingerprint density at radius 2 is 1.63 bits per heavy atom. The maximum Gasteiger partial charge on any atom is 0.259 e. The summed E-state index contributed by atoms with van der Waals surface area (Å²) in [6.07, 6.45) is 0. The summed E-state index contributed by atoms with van der Waals surface area (Å²) in [6, 6.07) is 11.3. The van der Waals surface area contributed by atoms with Crippen molar-refractivity contribution in [2.45, 2.75) is 19.4 Å². The molecule has 5 nitrogen and oxygen atoms in total. The summed E-state index contributed by atoms with van der Waals surface area (Å²) >= 11 is 5.62. The molecular formula is C22H21NO4S3. The third kappa shape index (κ3) is 3.02. The number of anilines is 1. The molecule has 30 heavy (non-hydrogen) atoms. The fourth-order valence-electron chi connectivity index (χ4n) is 3.88. The largest absolute Gasteiger partial charge is 0.493 e. The SMILES string of the molecule is COc1cc(C(=O)N2c3ccccc3-c3c(ssc3=S)C2(C)C)cc(OC)c1OC. The highest BCUT2D eigenvalue weighted by Gasteiger charge is 2.43. The second-order valence-corrected chi connectivity index (χ2v) is 10.1. The second-order valence-electron chi connectivity index (χ2n) is 7.29. The van der Waals surface area contributed by atoms with Crippen LogP contribution in [0.1, 0.15) is 29.1 Å². The maximum absolute atomic E-state index is 13.9. The first kappa shape index (κ1) is 20.8. The van der Waals surface area contributed by atoms with Gasteiger partial charge in [0.1, 0.15) is 3.82 Å². The topological polar surface area (TPSA) is 48.0 Å². The van der Waals surface area contributed by atoms with E-state index in [0.29, 0.717) is 22.8 Å². The van der Waals surface area contributed by atoms with E-state index in [1.54, 1.807) is 32.8 Å². The minimum absolute atomic E-state index is 0.151. The van der Waals surface area contributed by atoms with Crippen LogP contribution in [0.2, 0.25) is 0 Å². The summed E-state index contributed by atoms with van der Waals surface area (Å²) in [5.41, 5.74) is 2.77. The first-order chi connectivity index (χ1) is 14.3. The third-order valence-corrected chi connectivity index (χ3v) is 8.61. The molecule has 0 atom stereocenters. The first-order valence-corrected chi connectivity index (χ1v) is 11.8. The van der Waals surface area contributed by atoms with Gasteiger partial charge in [0.15, 0.2) is 11.5 Å². The molecule has 2 aromatic carbocycles. The van der Waals surface area contributed by atoms with Crippen LogP contribution in [0, 0.1) is 3.82 Å². The normalized spacial score (nSPS) is 14.0. The molecular weight excluding hydrogens is 438 g/mol. The van der Waals surface area contributed by atoms with Gasteiger partial charge in [0.25, 0.3) is 5.91 Å². The number of fused-ring (bicyclic) bond motifs is 3. The number of amides is 1. The zero-order chi connectivity index (χ0) is 21.6. The van der Waals surface area contributed by atoms with Crippen molar-refractivity contribution in [3.8, 4) is 28.4 Å². The number of rotatable bonds is 4. The number of carbonyl (C=O) groups excluding carboxylic acids is 1. The zero-order valence-electron chi connectivity index (χ0n) is 17.3. The van der Waals surface area contributed by atoms with Crippen LogP contribution in [0.4, 0.5) is 5.69 Å². The van der Waals surface area contributed by atoms with Crippen LogP contribution in [-0.4, -0.2) is 27.2 Å². The fraction of sp³-hybridized carbons (Fsp3) is 0.273. The minimum Gasteiger partial charge on any atom is -0.493 e. The highest BCUT2D eigenvalue weighted by Crippen LogP contribution is 2.52. The molecule has 0 fully saturated rings. The third-order valence-electron chi connectivity index (χ3n) is 5.28. The van der Waals surface area contributed by atoms with Crippen molar-refractivity contribution in [2.75, 3.05) is 26.2 Å². The average molecular weight is 460 g/mol. The molecule has 0 N–H and O–H groups in total. The number of hydrogen-bond donors (Lipinski definition) is 0. The molecule has 4 rings (SSSR count). The molecule has 0 radical (unpaired) electrons. The summed E-state index contributed by atoms with van der Waals surface area (Å²) in [4.78, 5) is 16.8. The van der Waals surface area contributed by atoms with Crippen LogP contribution < -0.4 is 19.1 Å². The minimum atomic E-state index is -0.570. The van der Waals surface area contributed by atoms with Gasteiger partial charge in [-0.05, 0) is 32.0 Å². The zero-order valence-corrected chi connectivity index (χ0v) is 19.7. The van der Waals surface area contributed by atoms with Gasteiger partial charge in [-0.3, -0.25) is 9.69 Å². The van der Waals surface area contributed by atoms with Crippen molar-refractivity contribution < 1.29 is 19.0 Å². The van der Waals surface area contributed by atoms with Gasteiger partial charge in [-0.25, -0.2) is 0 Å². The van der Waals surface area contributed by atoms with Crippen molar-refractivity contribution in [2.24, 2.45) is 0 Å². The second kappa shape index (κ2) is 7.68. The number of carbonyl (C=O) groups is 1. The van der Waals surface area contributed by atoms with E-state index >= 15 is 0 Å². The van der Waals surface area contributed by atoms with Crippen LogP contribution in [0.3, 0.4) is 0 Å². The van der Waals surface area contributed by atoms with Gasteiger partial charge in [0, 0.05) is 16.7 Å². The van der Waals surface area contributed by atoms with E-state index in [0.717, 1.165) is 25.5 Å². The van der Waals surface area contributed by atoms with Gasteiger partial charge in [0.05, 0.1) is 37.4 Å². The lowest BCUT2D eigenvalue weighted by Crippen LogP contribution is -2.47. The van der Waals surface area contributed by atoms with E-state index in [-0.39, 0.29) is 5.91 Å². The lowest BCUT2D eigenvalue weighted by atomic mass is 9.87. The lowest BCUT2D eigenvalue weighted by molar-refractivity contribution is 0.0961. The van der Waals surface area contributed by atoms with Gasteiger partial charge >= 0.3 is 0 Å². The number of methoxy groups -OCH3 is 3. The molecule has 1 aliphatic rings. The van der Waals surface area contributed by atoms with Crippen molar-refractivity contribution >= 4 is 44.5 Å². The van der Waals surface area contributed by atoms with Crippen molar-refractivity contribution in [3.05, 3.63) is 50.7 Å². The number of hydrogen-bond acceptors (Lipinski definition) is 7. The van der Waals surface area contributed by atoms with E-state index < -0.39 is 5.54 Å². The molecule has 156 valence electrons. The van der Waals surface area contributed by atoms with E-state index in [4.69, 9.17) is 26.4 Å². The summed E-state index contributed by atoms with van der Waals surface area (Å²) in [5.74, 6) is 1.18. The Balaban J connectivity index is 1.93. The molecule has 0 spiro atoms. The van der Waals surface area contributed by atoms with E-state index in [9.17, 15) is 4.79 Å². The molecule has 0 aliphatic carbocycles. The van der Waals surface area contributed by atoms with Crippen LogP contribution in [-0.2, 0) is 5.54 Å². The van der Waals surface area contributed by atoms with Gasteiger partial charge < -0.3 is 14.2 Å². The predicted octanol–water partition coefficient (Wildman–Crippen LogP) is 6.13. The average Bonchev–Trinajstić information content (AvgIpc) is 3.15. The fourth-order valence-corrected chi connectivity index (χ4v) is 7.16. The van der Waals surface area contributed by atoms with E-state index in [1.807, 2.05) is 29.2 Å². The van der Waals surface area contributed by atoms with Gasteiger partial charge in [-0.2, -0.15) is 0 Å². The van der Waals surface area contributed by atoms with Crippen LogP contribution >= 0.6 is 32.9 Å². The predicted molar refractivity (Wildman–Crippen MR) is 124 cm³/mol. The Labute approximate surface area is 187 Å². The molecule has 0 saturated heterocycles. The Hall–Kier alpha value is -2.42. The Bertz CT molecular complexity index is 1170. The summed E-state index contributed by atoms with van der Waals surface area (Å²) in [6.45, 7) is 4.10. The maximum atomic E-state index is 13.9. The molecule has 1 amide bonds. The lowest BCUT2D eigenvalue weighted by Gasteiger charge is -2.43. The van der Waals surface area contributed by atoms with E-state index in [2.05, 4.69) is 13.8 Å². The van der Waals surface area contributed by atoms with Crippen molar-refractivity contribution in [3.63, 3.8) is 0 Å². The molecule has 0 bridgehead atoms. The monoisotopic (exact) mass is 459 g/mol. The molecule has 1 aromatic heterocycles. The summed E-state index contributed by atoms with van der Waals surface area (Å²) in [5, 5.41) is 0.